The van der Waals surface area contributed by atoms with Gasteiger partial charge in [0.2, 0.25) is 0 Å². The number of anilines is 1. The number of aliphatic hydroxyl groups is 1. The summed E-state index contributed by atoms with van der Waals surface area (Å²) < 4.78 is 0.537. The Labute approximate surface area is 80.4 Å². The summed E-state index contributed by atoms with van der Waals surface area (Å²) in [5, 5.41) is 13.9. The molecule has 3 nitrogen and oxygen atoms in total. The van der Waals surface area contributed by atoms with Crippen LogP contribution in [0.3, 0.4) is 0 Å². The van der Waals surface area contributed by atoms with Gasteiger partial charge in [-0.1, -0.05) is 11.6 Å². The fourth-order valence-electron chi connectivity index (χ4n) is 0.742. The van der Waals surface area contributed by atoms with Crippen LogP contribution in [0, 0.1) is 0 Å². The minimum Gasteiger partial charge on any atom is -0.393 e. The lowest BCUT2D eigenvalue weighted by Gasteiger charge is -2.04. The monoisotopic (exact) mass is 206 g/mol. The first-order chi connectivity index (χ1) is 5.68. The number of hydrogen-bond acceptors (Lipinski definition) is 4. The summed E-state index contributed by atoms with van der Waals surface area (Å²) >= 11 is 7.01. The van der Waals surface area contributed by atoms with E-state index in [1.165, 1.54) is 11.3 Å². The largest absolute Gasteiger partial charge is 0.393 e. The van der Waals surface area contributed by atoms with Crippen LogP contribution in [0.15, 0.2) is 5.38 Å². The number of nitrogens with zero attached hydrogens (tertiary/aromatic N) is 1. The molecule has 12 heavy (non-hydrogen) atoms. The van der Waals surface area contributed by atoms with Crippen LogP contribution in [0.4, 0.5) is 5.82 Å². The van der Waals surface area contributed by atoms with Gasteiger partial charge in [0.25, 0.3) is 0 Å². The zero-order valence-electron chi connectivity index (χ0n) is 6.75. The molecule has 1 rings (SSSR count). The zero-order valence-corrected chi connectivity index (χ0v) is 8.32. The minimum atomic E-state index is -0.272. The SMILES string of the molecule is C[C@@H](O)CCNc1csc(Cl)n1. The number of thiazole rings is 1. The third-order valence-corrected chi connectivity index (χ3v) is 2.32. The van der Waals surface area contributed by atoms with Crippen LogP contribution >= 0.6 is 22.9 Å². The molecular formula is C7H11ClN2OS. The molecule has 1 atom stereocenters. The molecule has 0 aliphatic carbocycles. The van der Waals surface area contributed by atoms with Gasteiger partial charge in [-0.3, -0.25) is 0 Å². The number of hydrogen-bond donors (Lipinski definition) is 2. The molecule has 0 bridgehead atoms. The van der Waals surface area contributed by atoms with Gasteiger partial charge < -0.3 is 10.4 Å². The van der Waals surface area contributed by atoms with E-state index in [4.69, 9.17) is 16.7 Å². The van der Waals surface area contributed by atoms with E-state index in [-0.39, 0.29) is 6.10 Å². The highest BCUT2D eigenvalue weighted by atomic mass is 35.5. The van der Waals surface area contributed by atoms with E-state index in [1.54, 1.807) is 6.92 Å². The minimum absolute atomic E-state index is 0.272. The Kier molecular flexibility index (Phi) is 3.78. The summed E-state index contributed by atoms with van der Waals surface area (Å²) in [6.45, 7) is 2.48. The highest BCUT2D eigenvalue weighted by molar-refractivity contribution is 7.14. The number of halogens is 1. The Bertz CT molecular complexity index is 239. The molecule has 0 saturated heterocycles. The van der Waals surface area contributed by atoms with Gasteiger partial charge in [-0.05, 0) is 13.3 Å². The second kappa shape index (κ2) is 4.64. The molecule has 68 valence electrons. The molecule has 0 unspecified atom stereocenters. The quantitative estimate of drug-likeness (QED) is 0.792. The molecule has 0 aliphatic heterocycles. The molecule has 2 N–H and O–H groups in total. The van der Waals surface area contributed by atoms with Crippen molar-refractivity contribution >= 4 is 28.8 Å². The van der Waals surface area contributed by atoms with Gasteiger partial charge in [0.05, 0.1) is 6.10 Å². The van der Waals surface area contributed by atoms with E-state index in [1.807, 2.05) is 5.38 Å². The van der Waals surface area contributed by atoms with Crippen LogP contribution < -0.4 is 5.32 Å². The van der Waals surface area contributed by atoms with Crippen molar-refractivity contribution < 1.29 is 5.11 Å². The lowest BCUT2D eigenvalue weighted by Crippen LogP contribution is -2.09. The molecule has 1 aromatic rings. The molecule has 1 heterocycles. The Balaban J connectivity index is 2.24. The first-order valence-electron chi connectivity index (χ1n) is 3.71. The van der Waals surface area contributed by atoms with E-state index in [0.29, 0.717) is 4.47 Å². The third-order valence-electron chi connectivity index (χ3n) is 1.34. The average Bonchev–Trinajstić information content (AvgIpc) is 2.35. The Hall–Kier alpha value is -0.320. The van der Waals surface area contributed by atoms with Crippen molar-refractivity contribution in [3.63, 3.8) is 0 Å². The second-order valence-electron chi connectivity index (χ2n) is 2.55. The van der Waals surface area contributed by atoms with Crippen LogP contribution in [-0.2, 0) is 0 Å². The van der Waals surface area contributed by atoms with Crippen LogP contribution in [0.1, 0.15) is 13.3 Å². The summed E-state index contributed by atoms with van der Waals surface area (Å²) in [7, 11) is 0. The first-order valence-corrected chi connectivity index (χ1v) is 4.97. The highest BCUT2D eigenvalue weighted by Gasteiger charge is 1.99. The fraction of sp³-hybridized carbons (Fsp3) is 0.571. The lowest BCUT2D eigenvalue weighted by molar-refractivity contribution is 0.188. The van der Waals surface area contributed by atoms with E-state index in [9.17, 15) is 0 Å². The second-order valence-corrected chi connectivity index (χ2v) is 3.99. The lowest BCUT2D eigenvalue weighted by atomic mass is 10.3. The van der Waals surface area contributed by atoms with Gasteiger partial charge in [0, 0.05) is 11.9 Å². The Morgan fingerprint density at radius 2 is 2.58 bits per heavy atom. The average molecular weight is 207 g/mol. The van der Waals surface area contributed by atoms with Gasteiger partial charge in [0.1, 0.15) is 5.82 Å². The Morgan fingerprint density at radius 3 is 3.08 bits per heavy atom. The number of aliphatic hydroxyl groups excluding tert-OH is 1. The predicted molar refractivity (Wildman–Crippen MR) is 51.9 cm³/mol. The third kappa shape index (κ3) is 3.38. The van der Waals surface area contributed by atoms with Gasteiger partial charge >= 0.3 is 0 Å². The molecule has 5 heteroatoms. The summed E-state index contributed by atoms with van der Waals surface area (Å²) in [6.07, 6.45) is 0.446. The standard InChI is InChI=1S/C7H11ClN2OS/c1-5(11)2-3-9-6-4-12-7(8)10-6/h4-5,9,11H,2-3H2,1H3/t5-/m1/s1. The maximum absolute atomic E-state index is 8.95. The van der Waals surface area contributed by atoms with Crippen LogP contribution in [0.25, 0.3) is 0 Å². The summed E-state index contributed by atoms with van der Waals surface area (Å²) in [4.78, 5) is 4.00. The smallest absolute Gasteiger partial charge is 0.185 e. The molecule has 0 fully saturated rings. The van der Waals surface area contributed by atoms with E-state index < -0.39 is 0 Å². The van der Waals surface area contributed by atoms with Crippen LogP contribution in [0.2, 0.25) is 4.47 Å². The van der Waals surface area contributed by atoms with Crippen LogP contribution in [0.5, 0.6) is 0 Å². The number of nitrogens with one attached hydrogen (secondary N) is 1. The van der Waals surface area contributed by atoms with Crippen molar-refractivity contribution in [2.24, 2.45) is 0 Å². The summed E-state index contributed by atoms with van der Waals surface area (Å²) in [5.74, 6) is 0.783. The van der Waals surface area contributed by atoms with Crippen molar-refractivity contribution in [2.75, 3.05) is 11.9 Å². The van der Waals surface area contributed by atoms with Gasteiger partial charge in [-0.25, -0.2) is 4.98 Å². The number of rotatable bonds is 4. The van der Waals surface area contributed by atoms with Gasteiger partial charge in [-0.2, -0.15) is 0 Å². The van der Waals surface area contributed by atoms with Crippen LogP contribution in [-0.4, -0.2) is 22.7 Å². The molecule has 0 saturated carbocycles. The van der Waals surface area contributed by atoms with Gasteiger partial charge in [0.15, 0.2) is 4.47 Å². The molecular weight excluding hydrogens is 196 g/mol. The van der Waals surface area contributed by atoms with Crippen molar-refractivity contribution in [1.82, 2.24) is 4.98 Å². The number of aromatic nitrogens is 1. The molecule has 0 amide bonds. The predicted octanol–water partition coefficient (Wildman–Crippen LogP) is 1.98. The molecule has 0 aliphatic rings. The molecule has 0 spiro atoms. The normalized spacial score (nSPS) is 12.9. The Morgan fingerprint density at radius 1 is 1.83 bits per heavy atom. The summed E-state index contributed by atoms with van der Waals surface area (Å²) in [5.41, 5.74) is 0. The zero-order chi connectivity index (χ0) is 8.97. The maximum Gasteiger partial charge on any atom is 0.185 e. The first kappa shape index (κ1) is 9.77. The van der Waals surface area contributed by atoms with E-state index >= 15 is 0 Å². The molecule has 0 radical (unpaired) electrons. The van der Waals surface area contributed by atoms with Crippen molar-refractivity contribution in [3.8, 4) is 0 Å². The van der Waals surface area contributed by atoms with Crippen molar-refractivity contribution in [3.05, 3.63) is 9.85 Å². The van der Waals surface area contributed by atoms with Gasteiger partial charge in [-0.15, -0.1) is 11.3 Å². The highest BCUT2D eigenvalue weighted by Crippen LogP contribution is 2.18. The molecule has 0 aromatic carbocycles. The molecule has 1 aromatic heterocycles. The van der Waals surface area contributed by atoms with Crippen molar-refractivity contribution in [1.29, 1.82) is 0 Å². The topological polar surface area (TPSA) is 45.1 Å². The van der Waals surface area contributed by atoms with Crippen molar-refractivity contribution in [2.45, 2.75) is 19.4 Å². The van der Waals surface area contributed by atoms with E-state index in [0.717, 1.165) is 18.8 Å². The maximum atomic E-state index is 8.95. The summed E-state index contributed by atoms with van der Waals surface area (Å²) in [6, 6.07) is 0. The fourth-order valence-corrected chi connectivity index (χ4v) is 1.46. The van der Waals surface area contributed by atoms with E-state index in [2.05, 4.69) is 10.3 Å².